The molecule has 16 nitrogen and oxygen atoms in total. The fourth-order valence-electron chi connectivity index (χ4n) is 9.46. The number of hydrogen-bond acceptors (Lipinski definition) is 16. The highest BCUT2D eigenvalue weighted by molar-refractivity contribution is 5.70. The quantitative estimate of drug-likeness (QED) is 0.0184. The molecule has 0 fully saturated rings. The van der Waals surface area contributed by atoms with Crippen LogP contribution in [-0.4, -0.2) is 133 Å². The third-order valence-corrected chi connectivity index (χ3v) is 15.1. The van der Waals surface area contributed by atoms with Crippen LogP contribution in [0.3, 0.4) is 0 Å². The van der Waals surface area contributed by atoms with Crippen molar-refractivity contribution in [1.82, 2.24) is 4.90 Å². The van der Waals surface area contributed by atoms with Crippen LogP contribution in [0.1, 0.15) is 292 Å². The minimum absolute atomic E-state index is 0.0235. The maximum absolute atomic E-state index is 13.5. The van der Waals surface area contributed by atoms with Crippen molar-refractivity contribution in [1.29, 1.82) is 0 Å². The number of carbonyl (C=O) groups is 5. The number of carbonyl (C=O) groups excluding carboxylic acids is 5. The van der Waals surface area contributed by atoms with Gasteiger partial charge in [-0.15, -0.1) is 0 Å². The SMILES string of the molecule is CC/C=C\CCCCCCCC(=O)OCC(COC(=O)CCC(OCCCCCCCC)OCCCCCCCC)COC(CCC(=O)OCC(COC(=O)CCCCCCCC)COC(=O)OCCCN(CC)CC)OCCCCCCCC. The Hall–Kier alpha value is -3.31. The molecule has 16 heteroatoms. The maximum atomic E-state index is 13.5. The van der Waals surface area contributed by atoms with E-state index in [0.717, 1.165) is 154 Å². The average Bonchev–Trinajstić information content (AvgIpc) is 3.51. The molecule has 500 valence electrons. The first-order chi connectivity index (χ1) is 41.5. The number of esters is 4. The second-order valence-electron chi connectivity index (χ2n) is 23.1. The molecule has 0 aromatic rings. The van der Waals surface area contributed by atoms with Crippen LogP contribution in [0.2, 0.25) is 0 Å². The van der Waals surface area contributed by atoms with E-state index in [9.17, 15) is 24.0 Å². The van der Waals surface area contributed by atoms with Gasteiger partial charge in [0.05, 0.1) is 51.1 Å². The predicted molar refractivity (Wildman–Crippen MR) is 340 cm³/mol. The molecule has 0 aliphatic carbocycles. The first-order valence-corrected chi connectivity index (χ1v) is 34.8. The summed E-state index contributed by atoms with van der Waals surface area (Å²) in [5.74, 6) is -2.74. The molecule has 0 spiro atoms. The van der Waals surface area contributed by atoms with Crippen molar-refractivity contribution in [2.45, 2.75) is 305 Å². The number of rotatable bonds is 65. The van der Waals surface area contributed by atoms with Crippen molar-refractivity contribution in [3.05, 3.63) is 12.2 Å². The normalized spacial score (nSPS) is 12.7. The Balaban J connectivity index is 6.03. The average molecular weight is 1210 g/mol. The molecule has 85 heavy (non-hydrogen) atoms. The van der Waals surface area contributed by atoms with Crippen LogP contribution in [0.4, 0.5) is 4.79 Å². The number of allylic oxidation sites excluding steroid dienone is 2. The summed E-state index contributed by atoms with van der Waals surface area (Å²) in [5, 5.41) is 0. The minimum Gasteiger partial charge on any atom is -0.465 e. The van der Waals surface area contributed by atoms with E-state index >= 15 is 0 Å². The summed E-state index contributed by atoms with van der Waals surface area (Å²) in [6.07, 6.45) is 37.5. The fourth-order valence-corrected chi connectivity index (χ4v) is 9.46. The number of ether oxygens (including phenoxy) is 10. The van der Waals surface area contributed by atoms with Gasteiger partial charge in [0, 0.05) is 52.0 Å². The zero-order valence-electron chi connectivity index (χ0n) is 55.6. The molecule has 0 aromatic heterocycles. The van der Waals surface area contributed by atoms with Crippen molar-refractivity contribution in [2.75, 3.05) is 85.7 Å². The summed E-state index contributed by atoms with van der Waals surface area (Å²) >= 11 is 0. The Morgan fingerprint density at radius 1 is 0.329 bits per heavy atom. The Bertz CT molecular complexity index is 1530. The Labute approximate surface area is 519 Å². The first-order valence-electron chi connectivity index (χ1n) is 34.8. The van der Waals surface area contributed by atoms with Crippen molar-refractivity contribution in [3.63, 3.8) is 0 Å². The van der Waals surface area contributed by atoms with E-state index in [1.54, 1.807) is 0 Å². The molecule has 0 aromatic carbocycles. The van der Waals surface area contributed by atoms with Crippen molar-refractivity contribution < 1.29 is 71.3 Å². The molecule has 0 aliphatic rings. The van der Waals surface area contributed by atoms with Gasteiger partial charge in [0.15, 0.2) is 12.6 Å². The van der Waals surface area contributed by atoms with Gasteiger partial charge in [0.25, 0.3) is 0 Å². The summed E-state index contributed by atoms with van der Waals surface area (Å²) in [5.41, 5.74) is 0. The molecule has 0 bridgehead atoms. The van der Waals surface area contributed by atoms with Crippen molar-refractivity contribution in [3.8, 4) is 0 Å². The molecule has 0 N–H and O–H groups in total. The smallest absolute Gasteiger partial charge is 0.465 e. The van der Waals surface area contributed by atoms with Crippen LogP contribution in [0, 0.1) is 11.8 Å². The van der Waals surface area contributed by atoms with E-state index < -0.39 is 42.5 Å². The topological polar surface area (TPSA) is 181 Å². The molecule has 0 heterocycles. The maximum Gasteiger partial charge on any atom is 0.508 e. The number of unbranched alkanes of at least 4 members (excludes halogenated alkanes) is 25. The molecular formula is C69H129NO15. The van der Waals surface area contributed by atoms with Gasteiger partial charge in [-0.05, 0) is 70.9 Å². The van der Waals surface area contributed by atoms with Crippen LogP contribution in [-0.2, 0) is 66.5 Å². The lowest BCUT2D eigenvalue weighted by molar-refractivity contribution is -0.174. The zero-order chi connectivity index (χ0) is 62.3. The summed E-state index contributed by atoms with van der Waals surface area (Å²) in [4.78, 5) is 67.6. The van der Waals surface area contributed by atoms with Crippen molar-refractivity contribution in [2.24, 2.45) is 11.8 Å². The first kappa shape index (κ1) is 81.7. The Morgan fingerprint density at radius 3 is 1.09 bits per heavy atom. The van der Waals surface area contributed by atoms with Gasteiger partial charge in [-0.25, -0.2) is 4.79 Å². The van der Waals surface area contributed by atoms with Crippen LogP contribution >= 0.6 is 0 Å². The van der Waals surface area contributed by atoms with E-state index in [-0.39, 0.29) is 83.9 Å². The second-order valence-corrected chi connectivity index (χ2v) is 23.1. The molecule has 0 radical (unpaired) electrons. The lowest BCUT2D eigenvalue weighted by Gasteiger charge is -2.23. The van der Waals surface area contributed by atoms with Gasteiger partial charge in [-0.1, -0.05) is 208 Å². The zero-order valence-corrected chi connectivity index (χ0v) is 55.6. The Kier molecular flexibility index (Phi) is 61.2. The van der Waals surface area contributed by atoms with E-state index in [2.05, 4.69) is 65.5 Å². The van der Waals surface area contributed by atoms with Crippen LogP contribution in [0.25, 0.3) is 0 Å². The standard InChI is InChI=1S/C69H129NO15/c1-8-15-20-25-30-31-32-34-39-45-63(71)80-55-61(56-82-65(73)46-48-67(76-51-40-35-27-22-17-10-3)77-52-41-36-28-23-18-11-4)59-84-68(78-53-42-37-29-24-19-12-5)49-47-66(74)83-58-62(57-81-64(72)44-38-33-26-21-16-9-2)60-85-69(75)79-54-43-50-70(13-6)14-7/h15,20,61-62,67-68H,8-14,16-19,21-60H2,1-7H3/b20-15-. The summed E-state index contributed by atoms with van der Waals surface area (Å²) in [7, 11) is 0. The van der Waals surface area contributed by atoms with Gasteiger partial charge < -0.3 is 52.3 Å². The molecule has 0 aliphatic heterocycles. The monoisotopic (exact) mass is 1210 g/mol. The lowest BCUT2D eigenvalue weighted by Crippen LogP contribution is -2.30. The molecule has 3 atom stereocenters. The molecule has 3 unspecified atom stereocenters. The van der Waals surface area contributed by atoms with Gasteiger partial charge in [0.2, 0.25) is 0 Å². The van der Waals surface area contributed by atoms with Crippen molar-refractivity contribution >= 4 is 30.0 Å². The fraction of sp³-hybridized carbons (Fsp3) is 0.899. The Morgan fingerprint density at radius 2 is 0.682 bits per heavy atom. The largest absolute Gasteiger partial charge is 0.508 e. The van der Waals surface area contributed by atoms with Crippen LogP contribution in [0.5, 0.6) is 0 Å². The number of hydrogen-bond donors (Lipinski definition) is 0. The highest BCUT2D eigenvalue weighted by Crippen LogP contribution is 2.17. The molecular weight excluding hydrogens is 1080 g/mol. The van der Waals surface area contributed by atoms with Gasteiger partial charge in [-0.2, -0.15) is 0 Å². The van der Waals surface area contributed by atoms with Crippen LogP contribution < -0.4 is 0 Å². The van der Waals surface area contributed by atoms with Gasteiger partial charge in [-0.3, -0.25) is 19.2 Å². The van der Waals surface area contributed by atoms with Gasteiger partial charge >= 0.3 is 30.0 Å². The summed E-state index contributed by atoms with van der Waals surface area (Å²) < 4.78 is 58.8. The highest BCUT2D eigenvalue weighted by atomic mass is 16.7. The summed E-state index contributed by atoms with van der Waals surface area (Å²) in [6, 6.07) is 0. The third-order valence-electron chi connectivity index (χ3n) is 15.1. The second kappa shape index (κ2) is 63.7. The summed E-state index contributed by atoms with van der Waals surface area (Å²) in [6.45, 7) is 19.0. The highest BCUT2D eigenvalue weighted by Gasteiger charge is 2.23. The van der Waals surface area contributed by atoms with E-state index in [0.29, 0.717) is 39.1 Å². The van der Waals surface area contributed by atoms with E-state index in [1.807, 2.05) is 0 Å². The molecule has 0 saturated carbocycles. The molecule has 0 rings (SSSR count). The molecule has 0 amide bonds. The van der Waals surface area contributed by atoms with E-state index in [4.69, 9.17) is 47.4 Å². The molecule has 0 saturated heterocycles. The van der Waals surface area contributed by atoms with Gasteiger partial charge in [0.1, 0.15) is 19.8 Å². The number of nitrogens with zero attached hydrogens (tertiary/aromatic N) is 1. The van der Waals surface area contributed by atoms with E-state index in [1.165, 1.54) is 64.2 Å². The predicted octanol–water partition coefficient (Wildman–Crippen LogP) is 17.1. The lowest BCUT2D eigenvalue weighted by atomic mass is 10.1. The minimum atomic E-state index is -0.836. The van der Waals surface area contributed by atoms with Crippen LogP contribution in [0.15, 0.2) is 12.2 Å². The third kappa shape index (κ3) is 56.9.